The van der Waals surface area contributed by atoms with Gasteiger partial charge in [-0.25, -0.2) is 13.8 Å². The molecule has 1 fully saturated rings. The maximum atomic E-state index is 15.2. The van der Waals surface area contributed by atoms with Crippen molar-refractivity contribution in [2.75, 3.05) is 26.0 Å². The summed E-state index contributed by atoms with van der Waals surface area (Å²) in [5, 5.41) is 11.5. The monoisotopic (exact) mass is 644 g/mol. The fourth-order valence-corrected chi connectivity index (χ4v) is 4.74. The number of alkyl halides is 3. The first-order chi connectivity index (χ1) is 21.8. The van der Waals surface area contributed by atoms with Crippen molar-refractivity contribution in [2.45, 2.75) is 43.8 Å². The standard InChI is InChI=1S/C30H26F5N5O3.CH3NO/c1-14-13-43-28-19(14)9-23(40-27(28)18-5-6-22(31)20(10-36)25(18)32)21(30(33,34)35)12-39-29(41)15-7-16(11-38-17-3-4-17)26(37)24(8-15)42-2;2-1-3/h5-9,11,14,17,21H,3-4,12-13,37H2,1-2H3,(H,39,41);1H,(H2,2,3). The van der Waals surface area contributed by atoms with Gasteiger partial charge in [0, 0.05) is 40.9 Å². The van der Waals surface area contributed by atoms with Gasteiger partial charge in [0.15, 0.2) is 5.82 Å². The molecule has 2 aromatic carbocycles. The normalized spacial score (nSPS) is 16.0. The number of nitrogens with one attached hydrogen (secondary N) is 1. The van der Waals surface area contributed by atoms with E-state index in [4.69, 9.17) is 20.0 Å². The number of primary amides is 1. The minimum atomic E-state index is -4.88. The largest absolute Gasteiger partial charge is 0.495 e. The predicted octanol–water partition coefficient (Wildman–Crippen LogP) is 4.74. The zero-order valence-electron chi connectivity index (χ0n) is 24.6. The molecule has 1 saturated carbocycles. The molecule has 1 aliphatic carbocycles. The Morgan fingerprint density at radius 2 is 1.98 bits per heavy atom. The van der Waals surface area contributed by atoms with Crippen LogP contribution in [-0.4, -0.2) is 56.0 Å². The van der Waals surface area contributed by atoms with Crippen molar-refractivity contribution in [2.24, 2.45) is 10.7 Å². The van der Waals surface area contributed by atoms with Gasteiger partial charge >= 0.3 is 6.18 Å². The number of carbonyl (C=O) groups excluding carboxylic acids is 2. The number of amides is 2. The van der Waals surface area contributed by atoms with Crippen LogP contribution >= 0.6 is 0 Å². The van der Waals surface area contributed by atoms with Gasteiger partial charge in [-0.2, -0.15) is 18.4 Å². The Morgan fingerprint density at radius 1 is 1.28 bits per heavy atom. The average Bonchev–Trinajstić information content (AvgIpc) is 3.77. The molecule has 0 saturated heterocycles. The van der Waals surface area contributed by atoms with E-state index in [1.54, 1.807) is 6.92 Å². The average molecular weight is 645 g/mol. The van der Waals surface area contributed by atoms with E-state index in [0.29, 0.717) is 11.1 Å². The van der Waals surface area contributed by atoms with Gasteiger partial charge in [-0.3, -0.25) is 14.6 Å². The molecular weight excluding hydrogens is 615 g/mol. The van der Waals surface area contributed by atoms with E-state index >= 15 is 4.39 Å². The Balaban J connectivity index is 0.00000154. The molecule has 2 amide bonds. The third kappa shape index (κ3) is 7.17. The summed E-state index contributed by atoms with van der Waals surface area (Å²) in [7, 11) is 1.35. The van der Waals surface area contributed by atoms with Crippen LogP contribution in [-0.2, 0) is 4.79 Å². The van der Waals surface area contributed by atoms with Crippen molar-refractivity contribution in [1.29, 1.82) is 5.26 Å². The summed E-state index contributed by atoms with van der Waals surface area (Å²) in [4.78, 5) is 30.1. The number of benzene rings is 2. The highest BCUT2D eigenvalue weighted by Crippen LogP contribution is 2.45. The SMILES string of the molecule is COc1cc(C(=O)NCC(c2cc3c(c(-c4ccc(F)c(C#N)c4F)n2)OCC3C)C(F)(F)F)cc(C=NC2CC2)c1N.NC=O. The van der Waals surface area contributed by atoms with E-state index in [2.05, 4.69) is 21.0 Å². The molecule has 3 aromatic rings. The molecule has 2 heterocycles. The minimum Gasteiger partial charge on any atom is -0.495 e. The summed E-state index contributed by atoms with van der Waals surface area (Å²) in [6.45, 7) is 0.903. The molecule has 10 nitrogen and oxygen atoms in total. The molecule has 2 unspecified atom stereocenters. The maximum Gasteiger partial charge on any atom is 0.398 e. The topological polar surface area (TPSA) is 166 Å². The van der Waals surface area contributed by atoms with Gasteiger partial charge in [-0.1, -0.05) is 6.92 Å². The first-order valence-electron chi connectivity index (χ1n) is 13.9. The van der Waals surface area contributed by atoms with Crippen molar-refractivity contribution in [1.82, 2.24) is 10.3 Å². The van der Waals surface area contributed by atoms with Gasteiger partial charge < -0.3 is 26.3 Å². The smallest absolute Gasteiger partial charge is 0.398 e. The molecule has 5 rings (SSSR count). The number of hydrogen-bond acceptors (Lipinski definition) is 8. The minimum absolute atomic E-state index is 0.00580. The van der Waals surface area contributed by atoms with E-state index in [1.807, 2.05) is 0 Å². The number of hydrogen-bond donors (Lipinski definition) is 3. The molecule has 1 aromatic heterocycles. The van der Waals surface area contributed by atoms with Crippen LogP contribution in [0.25, 0.3) is 11.3 Å². The number of nitrogens with two attached hydrogens (primary N) is 2. The second-order valence-corrected chi connectivity index (χ2v) is 10.6. The van der Waals surface area contributed by atoms with E-state index in [-0.39, 0.29) is 59.0 Å². The summed E-state index contributed by atoms with van der Waals surface area (Å²) in [6.07, 6.45) is -1.25. The lowest BCUT2D eigenvalue weighted by atomic mass is 9.94. The summed E-state index contributed by atoms with van der Waals surface area (Å²) >= 11 is 0. The van der Waals surface area contributed by atoms with E-state index in [0.717, 1.165) is 25.0 Å². The number of aliphatic imine (C=N–C) groups is 1. The lowest BCUT2D eigenvalue weighted by Crippen LogP contribution is -2.35. The highest BCUT2D eigenvalue weighted by molar-refractivity contribution is 5.99. The lowest BCUT2D eigenvalue weighted by molar-refractivity contribution is -0.149. The number of rotatable bonds is 8. The number of ether oxygens (including phenoxy) is 2. The number of methoxy groups -OCH3 is 1. The Bertz CT molecular complexity index is 1720. The van der Waals surface area contributed by atoms with Crippen LogP contribution in [0, 0.1) is 23.0 Å². The first-order valence-corrected chi connectivity index (χ1v) is 13.9. The van der Waals surface area contributed by atoms with Crippen LogP contribution in [0.2, 0.25) is 0 Å². The van der Waals surface area contributed by atoms with E-state index < -0.39 is 47.4 Å². The van der Waals surface area contributed by atoms with Crippen LogP contribution in [0.15, 0.2) is 35.3 Å². The van der Waals surface area contributed by atoms with Gasteiger partial charge in [0.1, 0.15) is 40.6 Å². The Morgan fingerprint density at radius 3 is 2.59 bits per heavy atom. The Hall–Kier alpha value is -5.26. The predicted molar refractivity (Wildman–Crippen MR) is 158 cm³/mol. The highest BCUT2D eigenvalue weighted by Gasteiger charge is 2.43. The fraction of sp³-hybridized carbons (Fsp3) is 0.323. The number of nitrogen functional groups attached to an aromatic ring is 1. The highest BCUT2D eigenvalue weighted by atomic mass is 19.4. The lowest BCUT2D eigenvalue weighted by Gasteiger charge is -2.22. The van der Waals surface area contributed by atoms with Crippen LogP contribution in [0.1, 0.15) is 64.3 Å². The van der Waals surface area contributed by atoms with Crippen LogP contribution in [0.3, 0.4) is 0 Å². The quantitative estimate of drug-likeness (QED) is 0.138. The van der Waals surface area contributed by atoms with Crippen molar-refractivity contribution < 1.29 is 41.0 Å². The number of nitriles is 1. The van der Waals surface area contributed by atoms with E-state index in [9.17, 15) is 27.6 Å². The first kappa shape index (κ1) is 33.6. The molecule has 1 aliphatic heterocycles. The number of nitrogens with zero attached hydrogens (tertiary/aromatic N) is 3. The molecule has 5 N–H and O–H groups in total. The van der Waals surface area contributed by atoms with Gasteiger partial charge in [-0.05, 0) is 43.2 Å². The molecule has 0 spiro atoms. The zero-order chi connectivity index (χ0) is 33.8. The number of carbonyl (C=O) groups is 2. The van der Waals surface area contributed by atoms with E-state index in [1.165, 1.54) is 37.6 Å². The fourth-order valence-electron chi connectivity index (χ4n) is 4.74. The van der Waals surface area contributed by atoms with Crippen molar-refractivity contribution in [3.8, 4) is 28.8 Å². The molecule has 2 aliphatic rings. The molecule has 2 atom stereocenters. The maximum absolute atomic E-state index is 15.2. The molecule has 0 bridgehead atoms. The summed E-state index contributed by atoms with van der Waals surface area (Å²) in [5.41, 5.74) is 9.15. The summed E-state index contributed by atoms with van der Waals surface area (Å²) in [6, 6.07) is 7.36. The number of halogens is 5. The molecule has 0 radical (unpaired) electrons. The number of fused-ring (bicyclic) bond motifs is 1. The van der Waals surface area contributed by atoms with Gasteiger partial charge in [0.05, 0.1) is 31.1 Å². The number of anilines is 1. The number of aromatic nitrogens is 1. The van der Waals surface area contributed by atoms with Gasteiger partial charge in [0.2, 0.25) is 6.41 Å². The van der Waals surface area contributed by atoms with Crippen molar-refractivity contribution in [3.05, 3.63) is 69.9 Å². The number of pyridine rings is 1. The third-order valence-electron chi connectivity index (χ3n) is 7.33. The molecule has 242 valence electrons. The van der Waals surface area contributed by atoms with Gasteiger partial charge in [-0.15, -0.1) is 0 Å². The molecular formula is C31H29F5N6O4. The molecule has 15 heteroatoms. The van der Waals surface area contributed by atoms with Crippen LogP contribution < -0.4 is 26.3 Å². The summed E-state index contributed by atoms with van der Waals surface area (Å²) in [5.74, 6) is -5.68. The Labute approximate surface area is 260 Å². The zero-order valence-corrected chi connectivity index (χ0v) is 24.6. The summed E-state index contributed by atoms with van der Waals surface area (Å²) < 4.78 is 83.4. The van der Waals surface area contributed by atoms with Crippen LogP contribution in [0.4, 0.5) is 27.6 Å². The second-order valence-electron chi connectivity index (χ2n) is 10.6. The van der Waals surface area contributed by atoms with Crippen LogP contribution in [0.5, 0.6) is 11.5 Å². The van der Waals surface area contributed by atoms with Crippen molar-refractivity contribution in [3.63, 3.8) is 0 Å². The van der Waals surface area contributed by atoms with Gasteiger partial charge in [0.25, 0.3) is 5.91 Å². The third-order valence-corrected chi connectivity index (χ3v) is 7.33. The second kappa shape index (κ2) is 13.8. The molecule has 46 heavy (non-hydrogen) atoms. The van der Waals surface area contributed by atoms with Crippen molar-refractivity contribution >= 4 is 24.2 Å². The Kier molecular flexibility index (Phi) is 10.1.